The van der Waals surface area contributed by atoms with Crippen molar-refractivity contribution in [3.63, 3.8) is 0 Å². The number of hydrogen-bond acceptors (Lipinski definition) is 8. The number of esters is 1. The Morgan fingerprint density at radius 2 is 1.55 bits per heavy atom. The molecule has 12 heteroatoms. The van der Waals surface area contributed by atoms with Crippen LogP contribution in [0, 0.1) is 13.8 Å². The largest absolute Gasteiger partial charge is 0.507 e. The van der Waals surface area contributed by atoms with Crippen molar-refractivity contribution >= 4 is 35.4 Å². The smallest absolute Gasteiger partial charge is 0.410 e. The molecule has 0 bridgehead atoms. The molecule has 2 saturated heterocycles. The fraction of sp³-hybridized carbons (Fsp3) is 0.488. The maximum atomic E-state index is 14.1. The number of carbonyl (C=O) groups is 4. The molecule has 4 amide bonds. The molecule has 294 valence electrons. The average Bonchev–Trinajstić information content (AvgIpc) is 3.37. The lowest BCUT2D eigenvalue weighted by Crippen LogP contribution is -2.54. The fourth-order valence-corrected chi connectivity index (χ4v) is 7.83. The number of anilines is 2. The number of amides is 4. The molecule has 0 spiro atoms. The van der Waals surface area contributed by atoms with Gasteiger partial charge in [0.25, 0.3) is 5.91 Å². The second-order valence-corrected chi connectivity index (χ2v) is 15.0. The van der Waals surface area contributed by atoms with Crippen molar-refractivity contribution in [1.29, 1.82) is 0 Å². The fourth-order valence-electron chi connectivity index (χ4n) is 7.83. The Bertz CT molecular complexity index is 1790. The Labute approximate surface area is 324 Å². The summed E-state index contributed by atoms with van der Waals surface area (Å²) in [6, 6.07) is 18.7. The number of nitrogens with zero attached hydrogens (tertiary/aromatic N) is 4. The minimum atomic E-state index is -1.05. The van der Waals surface area contributed by atoms with Gasteiger partial charge in [0.15, 0.2) is 6.10 Å². The molecule has 2 fully saturated rings. The Hall–Kier alpha value is -5.26. The summed E-state index contributed by atoms with van der Waals surface area (Å²) in [5, 5.41) is 13.4. The van der Waals surface area contributed by atoms with Crippen LogP contribution in [0.2, 0.25) is 0 Å². The molecule has 3 aromatic rings. The number of phenols is 1. The number of nitrogens with one attached hydrogen (secondary N) is 1. The maximum Gasteiger partial charge on any atom is 0.410 e. The van der Waals surface area contributed by atoms with Crippen LogP contribution in [0.5, 0.6) is 5.75 Å². The van der Waals surface area contributed by atoms with Gasteiger partial charge in [-0.1, -0.05) is 56.5 Å². The summed E-state index contributed by atoms with van der Waals surface area (Å²) >= 11 is 0. The zero-order valence-corrected chi connectivity index (χ0v) is 32.4. The topological polar surface area (TPSA) is 132 Å². The molecule has 3 aliphatic rings. The van der Waals surface area contributed by atoms with Crippen molar-refractivity contribution in [3.8, 4) is 5.75 Å². The number of piperidine rings is 1. The van der Waals surface area contributed by atoms with E-state index >= 15 is 0 Å². The van der Waals surface area contributed by atoms with E-state index in [9.17, 15) is 24.3 Å². The number of piperazine rings is 1. The number of phenolic OH excluding ortho intramolecular Hbond substituents is 1. The van der Waals surface area contributed by atoms with E-state index in [1.165, 1.54) is 0 Å². The predicted octanol–water partition coefficient (Wildman–Crippen LogP) is 6.70. The third-order valence-corrected chi connectivity index (χ3v) is 11.1. The van der Waals surface area contributed by atoms with E-state index in [1.807, 2.05) is 67.3 Å². The number of benzene rings is 3. The number of para-hydroxylation sites is 1. The Balaban J connectivity index is 1.05. The van der Waals surface area contributed by atoms with E-state index in [2.05, 4.69) is 17.1 Å². The standard InChI is InChI=1S/C43H55N5O7/c1-4-5-6-9-26-54-41(51)34-12-14-35(15-13-34)45-22-24-46(25-23-45)40(50)38(29-32-27-30(2)39(49)31(3)28-32)55-43(53)47-19-17-36(18-20-47)48-21-16-33-10-7-8-11-37(33)44-42(48)52/h7-8,10-15,27-28,36,38,49H,4-6,9,16-26,29H2,1-3H3,(H,44,52)/t38-/m1/s1. The number of carbonyl (C=O) groups excluding carboxylic acids is 4. The number of hydrogen-bond donors (Lipinski definition) is 2. The lowest BCUT2D eigenvalue weighted by atomic mass is 10.0. The zero-order chi connectivity index (χ0) is 38.9. The monoisotopic (exact) mass is 753 g/mol. The first-order chi connectivity index (χ1) is 26.6. The molecule has 6 rings (SSSR count). The van der Waals surface area contributed by atoms with E-state index in [0.29, 0.717) is 82.0 Å². The maximum absolute atomic E-state index is 14.1. The number of aromatic hydroxyl groups is 1. The number of rotatable bonds is 12. The highest BCUT2D eigenvalue weighted by Gasteiger charge is 2.35. The predicted molar refractivity (Wildman–Crippen MR) is 212 cm³/mol. The summed E-state index contributed by atoms with van der Waals surface area (Å²) in [6.07, 6.45) is 4.72. The number of ether oxygens (including phenoxy) is 2. The Kier molecular flexibility index (Phi) is 13.2. The van der Waals surface area contributed by atoms with E-state index in [4.69, 9.17) is 9.47 Å². The molecule has 55 heavy (non-hydrogen) atoms. The molecule has 0 aliphatic carbocycles. The van der Waals surface area contributed by atoms with E-state index in [0.717, 1.165) is 54.6 Å². The SMILES string of the molecule is CCCCCCOC(=O)c1ccc(N2CCN(C(=O)[C@@H](Cc3cc(C)c(O)c(C)c3)OC(=O)N3CCC(N4CCc5ccccc5NC4=O)CC3)CC2)cc1. The van der Waals surface area contributed by atoms with Gasteiger partial charge in [-0.25, -0.2) is 14.4 Å². The van der Waals surface area contributed by atoms with Crippen LogP contribution in [0.15, 0.2) is 60.7 Å². The number of aryl methyl sites for hydroxylation is 2. The van der Waals surface area contributed by atoms with Crippen LogP contribution in [-0.4, -0.2) is 108 Å². The van der Waals surface area contributed by atoms with Crippen LogP contribution < -0.4 is 10.2 Å². The Morgan fingerprint density at radius 1 is 0.855 bits per heavy atom. The first kappa shape index (κ1) is 39.4. The van der Waals surface area contributed by atoms with Crippen molar-refractivity contribution < 1.29 is 33.8 Å². The van der Waals surface area contributed by atoms with Crippen LogP contribution in [0.25, 0.3) is 0 Å². The quantitative estimate of drug-likeness (QED) is 0.154. The van der Waals surface area contributed by atoms with Crippen molar-refractivity contribution in [2.75, 3.05) is 62.6 Å². The first-order valence-corrected chi connectivity index (χ1v) is 19.8. The van der Waals surface area contributed by atoms with Crippen molar-refractivity contribution in [2.24, 2.45) is 0 Å². The highest BCUT2D eigenvalue weighted by Crippen LogP contribution is 2.27. The number of unbranched alkanes of at least 4 members (excludes halogenated alkanes) is 3. The van der Waals surface area contributed by atoms with E-state index in [1.54, 1.807) is 21.9 Å². The highest BCUT2D eigenvalue weighted by atomic mass is 16.6. The summed E-state index contributed by atoms with van der Waals surface area (Å²) in [4.78, 5) is 60.9. The number of likely N-dealkylation sites (tertiary alicyclic amines) is 1. The van der Waals surface area contributed by atoms with E-state index in [-0.39, 0.29) is 36.1 Å². The van der Waals surface area contributed by atoms with E-state index < -0.39 is 12.2 Å². The summed E-state index contributed by atoms with van der Waals surface area (Å²) in [5.74, 6) is -0.375. The Morgan fingerprint density at radius 3 is 2.24 bits per heavy atom. The van der Waals surface area contributed by atoms with Gasteiger partial charge in [-0.3, -0.25) is 4.79 Å². The summed E-state index contributed by atoms with van der Waals surface area (Å²) < 4.78 is 11.5. The van der Waals surface area contributed by atoms with Gasteiger partial charge in [-0.05, 0) is 92.1 Å². The highest BCUT2D eigenvalue weighted by molar-refractivity contribution is 5.91. The molecular weight excluding hydrogens is 699 g/mol. The van der Waals surface area contributed by atoms with Gasteiger partial charge < -0.3 is 39.5 Å². The molecule has 0 unspecified atom stereocenters. The summed E-state index contributed by atoms with van der Waals surface area (Å²) in [6.45, 7) is 9.65. The van der Waals surface area contributed by atoms with Crippen LogP contribution in [0.3, 0.4) is 0 Å². The molecule has 0 aromatic heterocycles. The van der Waals surface area contributed by atoms with Gasteiger partial charge in [0.1, 0.15) is 5.75 Å². The molecule has 1 atom stereocenters. The molecule has 0 radical (unpaired) electrons. The van der Waals surface area contributed by atoms with Gasteiger partial charge in [-0.2, -0.15) is 0 Å². The van der Waals surface area contributed by atoms with Crippen molar-refractivity contribution in [2.45, 2.75) is 84.3 Å². The lowest BCUT2D eigenvalue weighted by Gasteiger charge is -2.39. The second-order valence-electron chi connectivity index (χ2n) is 15.0. The minimum Gasteiger partial charge on any atom is -0.507 e. The summed E-state index contributed by atoms with van der Waals surface area (Å²) in [5.41, 5.74) is 5.59. The second kappa shape index (κ2) is 18.4. The van der Waals surface area contributed by atoms with Gasteiger partial charge >= 0.3 is 18.1 Å². The summed E-state index contributed by atoms with van der Waals surface area (Å²) in [7, 11) is 0. The average molecular weight is 754 g/mol. The molecule has 12 nitrogen and oxygen atoms in total. The third kappa shape index (κ3) is 9.89. The minimum absolute atomic E-state index is 0.0135. The number of fused-ring (bicyclic) bond motifs is 1. The zero-order valence-electron chi connectivity index (χ0n) is 32.4. The number of urea groups is 1. The van der Waals surface area contributed by atoms with Gasteiger partial charge in [0.2, 0.25) is 0 Å². The van der Waals surface area contributed by atoms with Crippen LogP contribution >= 0.6 is 0 Å². The molecule has 0 saturated carbocycles. The third-order valence-electron chi connectivity index (χ3n) is 11.1. The lowest BCUT2D eigenvalue weighted by molar-refractivity contribution is -0.141. The van der Waals surface area contributed by atoms with Gasteiger partial charge in [0, 0.05) is 69.7 Å². The molecule has 2 N–H and O–H groups in total. The van der Waals surface area contributed by atoms with Crippen molar-refractivity contribution in [1.82, 2.24) is 14.7 Å². The van der Waals surface area contributed by atoms with Gasteiger partial charge in [-0.15, -0.1) is 0 Å². The first-order valence-electron chi connectivity index (χ1n) is 19.8. The molecule has 3 aromatic carbocycles. The molecular formula is C43H55N5O7. The van der Waals surface area contributed by atoms with Crippen LogP contribution in [-0.2, 0) is 27.1 Å². The van der Waals surface area contributed by atoms with Crippen LogP contribution in [0.4, 0.5) is 21.0 Å². The van der Waals surface area contributed by atoms with Crippen LogP contribution in [0.1, 0.15) is 78.1 Å². The molecule has 3 heterocycles. The van der Waals surface area contributed by atoms with Gasteiger partial charge in [0.05, 0.1) is 12.2 Å². The molecule has 3 aliphatic heterocycles. The van der Waals surface area contributed by atoms with Crippen molar-refractivity contribution in [3.05, 3.63) is 88.5 Å². The normalized spacial score (nSPS) is 16.9.